The van der Waals surface area contributed by atoms with Crippen LogP contribution in [0.2, 0.25) is 0 Å². The minimum atomic E-state index is -2.79. The number of hydrogen-bond donors (Lipinski definition) is 3. The normalized spacial score (nSPS) is 27.9. The van der Waals surface area contributed by atoms with E-state index < -0.39 is 10.8 Å². The van der Waals surface area contributed by atoms with Crippen LogP contribution in [0.25, 0.3) is 0 Å². The zero-order valence-electron chi connectivity index (χ0n) is 18.1. The van der Waals surface area contributed by atoms with Crippen LogP contribution >= 0.6 is 10.8 Å². The maximum absolute atomic E-state index is 12.6. The first-order chi connectivity index (χ1) is 14.4. The van der Waals surface area contributed by atoms with Crippen molar-refractivity contribution in [1.82, 2.24) is 19.7 Å². The van der Waals surface area contributed by atoms with E-state index in [1.54, 1.807) is 6.07 Å². The molecule has 30 heavy (non-hydrogen) atoms. The van der Waals surface area contributed by atoms with E-state index in [0.717, 1.165) is 57.4 Å². The van der Waals surface area contributed by atoms with Gasteiger partial charge < -0.3 is 14.7 Å². The summed E-state index contributed by atoms with van der Waals surface area (Å²) in [4.78, 5) is 14.9. The molecular formula is C21H38N4O4S. The van der Waals surface area contributed by atoms with Crippen molar-refractivity contribution < 1.29 is 19.8 Å². The number of nitrogens with one attached hydrogen (secondary N) is 1. The van der Waals surface area contributed by atoms with Crippen molar-refractivity contribution in [2.45, 2.75) is 69.9 Å². The Morgan fingerprint density at radius 2 is 2.00 bits per heavy atom. The Labute approximate surface area is 182 Å². The number of carbonyl (C=O) groups is 1. The fourth-order valence-corrected chi connectivity index (χ4v) is 7.04. The monoisotopic (exact) mass is 442 g/mol. The third-order valence-corrected chi connectivity index (χ3v) is 9.03. The van der Waals surface area contributed by atoms with Crippen LogP contribution < -0.4 is 5.32 Å². The van der Waals surface area contributed by atoms with Gasteiger partial charge in [-0.1, -0.05) is 12.1 Å². The lowest BCUT2D eigenvalue weighted by atomic mass is 9.97. The number of rotatable bonds is 7. The minimum absolute atomic E-state index is 0. The van der Waals surface area contributed by atoms with Gasteiger partial charge in [-0.3, -0.25) is 13.9 Å². The number of likely N-dealkylation sites (tertiary alicyclic amines) is 1. The van der Waals surface area contributed by atoms with Gasteiger partial charge in [-0.05, 0) is 71.0 Å². The second kappa shape index (κ2) is 9.16. The van der Waals surface area contributed by atoms with Gasteiger partial charge in [0.05, 0.1) is 5.75 Å². The Kier molecular flexibility index (Phi) is 6.74. The molecule has 2 saturated heterocycles. The van der Waals surface area contributed by atoms with Crippen LogP contribution in [-0.2, 0) is 0 Å². The van der Waals surface area contributed by atoms with Crippen molar-refractivity contribution >= 4 is 16.7 Å². The minimum Gasteiger partial charge on any atom is -0.360 e. The average Bonchev–Trinajstić information content (AvgIpc) is 3.45. The Morgan fingerprint density at radius 3 is 2.67 bits per heavy atom. The van der Waals surface area contributed by atoms with Crippen LogP contribution in [-0.4, -0.2) is 73.9 Å². The maximum atomic E-state index is 12.6. The molecule has 4 rings (SSSR count). The third-order valence-electron chi connectivity index (χ3n) is 6.88. The van der Waals surface area contributed by atoms with Gasteiger partial charge >= 0.3 is 0 Å². The Hall–Kier alpha value is -1.13. The maximum Gasteiger partial charge on any atom is 0.273 e. The van der Waals surface area contributed by atoms with Crippen LogP contribution in [0.15, 0.2) is 10.6 Å². The molecule has 3 heterocycles. The van der Waals surface area contributed by atoms with Gasteiger partial charge in [0.2, 0.25) is 0 Å². The predicted octanol–water partition coefficient (Wildman–Crippen LogP) is 3.78. The summed E-state index contributed by atoms with van der Waals surface area (Å²) < 4.78 is 29.2. The molecule has 1 amide bonds. The summed E-state index contributed by atoms with van der Waals surface area (Å²) in [5.41, 5.74) is 0.346. The van der Waals surface area contributed by atoms with Gasteiger partial charge in [-0.25, -0.2) is 4.31 Å². The summed E-state index contributed by atoms with van der Waals surface area (Å²) in [5, 5.41) is 7.01. The summed E-state index contributed by atoms with van der Waals surface area (Å²) >= 11 is 0. The molecule has 3 aliphatic rings. The first-order valence-corrected chi connectivity index (χ1v) is 13.0. The number of carbonyl (C=O) groups excluding carboxylic acids is 1. The van der Waals surface area contributed by atoms with Crippen molar-refractivity contribution in [3.8, 4) is 0 Å². The summed E-state index contributed by atoms with van der Waals surface area (Å²) in [5.74, 6) is 1.88. The van der Waals surface area contributed by atoms with Crippen molar-refractivity contribution in [3.63, 3.8) is 0 Å². The summed E-state index contributed by atoms with van der Waals surface area (Å²) in [6, 6.07) is 1.83. The van der Waals surface area contributed by atoms with Gasteiger partial charge in [-0.15, -0.1) is 10.8 Å². The van der Waals surface area contributed by atoms with Crippen molar-refractivity contribution in [2.75, 3.05) is 32.4 Å². The van der Waals surface area contributed by atoms with Crippen molar-refractivity contribution in [1.29, 1.82) is 0 Å². The van der Waals surface area contributed by atoms with Crippen LogP contribution in [0, 0.1) is 5.92 Å². The molecule has 9 heteroatoms. The fourth-order valence-electron chi connectivity index (χ4n) is 4.77. The lowest BCUT2D eigenvalue weighted by molar-refractivity contribution is 0.0898. The van der Waals surface area contributed by atoms with Crippen LogP contribution in [0.4, 0.5) is 0 Å². The van der Waals surface area contributed by atoms with Crippen LogP contribution in [0.3, 0.4) is 0 Å². The van der Waals surface area contributed by atoms with Gasteiger partial charge in [0.15, 0.2) is 5.69 Å². The zero-order valence-corrected chi connectivity index (χ0v) is 18.9. The predicted molar refractivity (Wildman–Crippen MR) is 120 cm³/mol. The quantitative estimate of drug-likeness (QED) is 0.590. The Morgan fingerprint density at radius 1 is 1.27 bits per heavy atom. The second-order valence-corrected chi connectivity index (χ2v) is 11.4. The molecule has 3 N–H and O–H groups in total. The average molecular weight is 443 g/mol. The highest BCUT2D eigenvalue weighted by atomic mass is 32.3. The van der Waals surface area contributed by atoms with Gasteiger partial charge in [0.1, 0.15) is 5.76 Å². The van der Waals surface area contributed by atoms with Crippen molar-refractivity contribution in [2.24, 2.45) is 5.92 Å². The molecule has 1 unspecified atom stereocenters. The molecule has 3 fully saturated rings. The van der Waals surface area contributed by atoms with E-state index in [-0.39, 0.29) is 19.4 Å². The van der Waals surface area contributed by atoms with Crippen molar-refractivity contribution in [3.05, 3.63) is 17.5 Å². The van der Waals surface area contributed by atoms with Gasteiger partial charge in [-0.2, -0.15) is 0 Å². The Balaban J connectivity index is 0.00000272. The van der Waals surface area contributed by atoms with Gasteiger partial charge in [0, 0.05) is 32.0 Å². The highest BCUT2D eigenvalue weighted by molar-refractivity contribution is 8.22. The second-order valence-electron chi connectivity index (χ2n) is 9.33. The molecule has 0 spiro atoms. The van der Waals surface area contributed by atoms with E-state index >= 15 is 0 Å². The molecule has 8 nitrogen and oxygen atoms in total. The molecule has 1 saturated carbocycles. The fraction of sp³-hybridized carbons (Fsp3) is 0.810. The number of piperidine rings is 2. The van der Waals surface area contributed by atoms with E-state index in [4.69, 9.17) is 4.52 Å². The molecule has 2 aliphatic heterocycles. The Bertz CT molecular complexity index is 737. The molecule has 0 aromatic carbocycles. The third kappa shape index (κ3) is 5.19. The number of hydrogen-bond acceptors (Lipinski definition) is 7. The topological polar surface area (TPSA) is 102 Å². The largest absolute Gasteiger partial charge is 0.360 e. The first kappa shape index (κ1) is 22.1. The summed E-state index contributed by atoms with van der Waals surface area (Å²) in [6.07, 6.45) is 6.52. The summed E-state index contributed by atoms with van der Waals surface area (Å²) in [7, 11) is -0.673. The molecule has 2 atom stereocenters. The molecule has 1 aromatic heterocycles. The zero-order chi connectivity index (χ0) is 21.3. The molecule has 1 aliphatic carbocycles. The lowest BCUT2D eigenvalue weighted by Gasteiger charge is -2.52. The van der Waals surface area contributed by atoms with E-state index in [1.807, 2.05) is 4.31 Å². The number of amides is 1. The summed E-state index contributed by atoms with van der Waals surface area (Å²) in [6.45, 7) is 4.71. The smallest absolute Gasteiger partial charge is 0.273 e. The van der Waals surface area contributed by atoms with E-state index in [0.29, 0.717) is 36.2 Å². The van der Waals surface area contributed by atoms with E-state index in [1.165, 1.54) is 0 Å². The molecule has 1 aromatic rings. The molecule has 172 valence electrons. The number of nitrogens with zero attached hydrogens (tertiary/aromatic N) is 3. The highest BCUT2D eigenvalue weighted by Crippen LogP contribution is 2.50. The van der Waals surface area contributed by atoms with Crippen LogP contribution in [0.1, 0.15) is 75.5 Å². The lowest BCUT2D eigenvalue weighted by Crippen LogP contribution is -2.51. The molecular weight excluding hydrogens is 404 g/mol. The van der Waals surface area contributed by atoms with E-state index in [2.05, 4.69) is 29.3 Å². The molecule has 0 bridgehead atoms. The first-order valence-electron chi connectivity index (χ1n) is 11.3. The van der Waals surface area contributed by atoms with Gasteiger partial charge in [0.25, 0.3) is 5.91 Å². The molecule has 0 radical (unpaired) electrons. The van der Waals surface area contributed by atoms with E-state index in [9.17, 15) is 13.9 Å². The SMILES string of the molecule is CCC1C[C@@H](NC(=O)c2cc(C3CC3)on2)CCN1S(O)(O)CC1CCN(C)CC1.[HH]. The number of aromatic nitrogens is 1. The van der Waals surface area contributed by atoms with Crippen LogP contribution in [0.5, 0.6) is 0 Å². The highest BCUT2D eigenvalue weighted by Gasteiger charge is 2.37. The standard InChI is InChI=1S/C21H36N4O4S.H2/c1-3-18-12-17(22-21(26)19-13-20(29-23-19)16-4-5-16)8-11-25(18)30(27,28)14-15-6-9-24(2)10-7-15;/h13,15-18,27-28H,3-12,14H2,1-2H3,(H,22,26);1H/t17-,18?;/m0./s1.